The van der Waals surface area contributed by atoms with Crippen LogP contribution < -0.4 is 4.74 Å². The maximum Gasteiger partial charge on any atom is 0.122 e. The van der Waals surface area contributed by atoms with Gasteiger partial charge in [-0.25, -0.2) is 0 Å². The largest absolute Gasteiger partial charge is 0.493 e. The maximum atomic E-state index is 10.1. The molecule has 1 aromatic rings. The lowest BCUT2D eigenvalue weighted by Gasteiger charge is -2.26. The molecule has 2 saturated carbocycles. The summed E-state index contributed by atoms with van der Waals surface area (Å²) in [5.41, 5.74) is 1.97. The van der Waals surface area contributed by atoms with Crippen molar-refractivity contribution in [3.8, 4) is 5.75 Å². The molecule has 0 amide bonds. The molecule has 0 unspecified atom stereocenters. The Hall–Kier alpha value is -1.02. The highest BCUT2D eigenvalue weighted by Crippen LogP contribution is 2.40. The van der Waals surface area contributed by atoms with Crippen molar-refractivity contribution in [3.05, 3.63) is 29.3 Å². The standard InChI is InChI=1S/C16H22O2/c1-12-5-6-15(18-11-13-3-2-4-13)14(9-12)10-16(17)7-8-16/h5-6,9,13,17H,2-4,7-8,10-11H2,1H3. The fourth-order valence-corrected chi connectivity index (χ4v) is 2.53. The monoisotopic (exact) mass is 246 g/mol. The molecular weight excluding hydrogens is 224 g/mol. The lowest BCUT2D eigenvalue weighted by atomic mass is 9.86. The molecule has 1 N–H and O–H groups in total. The Kier molecular flexibility index (Phi) is 3.06. The van der Waals surface area contributed by atoms with Crippen molar-refractivity contribution >= 4 is 0 Å². The van der Waals surface area contributed by atoms with E-state index in [9.17, 15) is 5.11 Å². The van der Waals surface area contributed by atoms with Gasteiger partial charge in [-0.15, -0.1) is 0 Å². The van der Waals surface area contributed by atoms with Crippen molar-refractivity contribution in [1.29, 1.82) is 0 Å². The van der Waals surface area contributed by atoms with E-state index in [4.69, 9.17) is 4.74 Å². The van der Waals surface area contributed by atoms with Crippen molar-refractivity contribution in [2.75, 3.05) is 6.61 Å². The van der Waals surface area contributed by atoms with Gasteiger partial charge in [-0.05, 0) is 50.2 Å². The molecule has 0 spiro atoms. The molecule has 2 nitrogen and oxygen atoms in total. The summed E-state index contributed by atoms with van der Waals surface area (Å²) in [5, 5.41) is 10.1. The van der Waals surface area contributed by atoms with Crippen molar-refractivity contribution in [3.63, 3.8) is 0 Å². The Bertz CT molecular complexity index is 431. The van der Waals surface area contributed by atoms with Gasteiger partial charge in [0.25, 0.3) is 0 Å². The van der Waals surface area contributed by atoms with E-state index in [0.717, 1.165) is 37.5 Å². The number of hydrogen-bond acceptors (Lipinski definition) is 2. The molecule has 2 fully saturated rings. The van der Waals surface area contributed by atoms with Crippen LogP contribution in [0.4, 0.5) is 0 Å². The van der Waals surface area contributed by atoms with Crippen LogP contribution in [0.3, 0.4) is 0 Å². The molecule has 0 aliphatic heterocycles. The van der Waals surface area contributed by atoms with Crippen LogP contribution in [-0.2, 0) is 6.42 Å². The zero-order valence-corrected chi connectivity index (χ0v) is 11.1. The van der Waals surface area contributed by atoms with Gasteiger partial charge in [0.15, 0.2) is 0 Å². The normalized spacial score (nSPS) is 21.4. The quantitative estimate of drug-likeness (QED) is 0.864. The molecule has 2 heteroatoms. The summed E-state index contributed by atoms with van der Waals surface area (Å²) < 4.78 is 5.96. The van der Waals surface area contributed by atoms with Gasteiger partial charge in [-0.2, -0.15) is 0 Å². The highest BCUT2D eigenvalue weighted by molar-refractivity contribution is 5.38. The second kappa shape index (κ2) is 4.58. The Morgan fingerprint density at radius 1 is 1.33 bits per heavy atom. The van der Waals surface area contributed by atoms with Gasteiger partial charge in [0, 0.05) is 6.42 Å². The van der Waals surface area contributed by atoms with Crippen LogP contribution in [0.25, 0.3) is 0 Å². The SMILES string of the molecule is Cc1ccc(OCC2CCC2)c(CC2(O)CC2)c1. The van der Waals surface area contributed by atoms with Crippen molar-refractivity contribution in [2.24, 2.45) is 5.92 Å². The zero-order valence-electron chi connectivity index (χ0n) is 11.1. The number of ether oxygens (including phenoxy) is 1. The Balaban J connectivity index is 1.69. The lowest BCUT2D eigenvalue weighted by molar-refractivity contribution is 0.146. The molecule has 18 heavy (non-hydrogen) atoms. The van der Waals surface area contributed by atoms with E-state index >= 15 is 0 Å². The summed E-state index contributed by atoms with van der Waals surface area (Å²) in [7, 11) is 0. The van der Waals surface area contributed by atoms with Crippen molar-refractivity contribution < 1.29 is 9.84 Å². The summed E-state index contributed by atoms with van der Waals surface area (Å²) in [6.45, 7) is 2.94. The second-order valence-electron chi connectivity index (χ2n) is 6.12. The first-order valence-corrected chi connectivity index (χ1v) is 7.09. The number of rotatable bonds is 5. The maximum absolute atomic E-state index is 10.1. The molecular formula is C16H22O2. The minimum absolute atomic E-state index is 0.442. The minimum Gasteiger partial charge on any atom is -0.493 e. The fourth-order valence-electron chi connectivity index (χ4n) is 2.53. The van der Waals surface area contributed by atoms with Gasteiger partial charge < -0.3 is 9.84 Å². The first-order chi connectivity index (χ1) is 8.65. The van der Waals surface area contributed by atoms with Crippen LogP contribution in [0.15, 0.2) is 18.2 Å². The molecule has 0 aromatic heterocycles. The van der Waals surface area contributed by atoms with E-state index in [1.54, 1.807) is 0 Å². The van der Waals surface area contributed by atoms with E-state index in [0.29, 0.717) is 0 Å². The molecule has 0 heterocycles. The minimum atomic E-state index is -0.442. The molecule has 98 valence electrons. The number of hydrogen-bond donors (Lipinski definition) is 1. The summed E-state index contributed by atoms with van der Waals surface area (Å²) >= 11 is 0. The van der Waals surface area contributed by atoms with Crippen LogP contribution in [0.2, 0.25) is 0 Å². The molecule has 2 aliphatic carbocycles. The number of aliphatic hydroxyl groups is 1. The van der Waals surface area contributed by atoms with Gasteiger partial charge >= 0.3 is 0 Å². The topological polar surface area (TPSA) is 29.5 Å². The lowest BCUT2D eigenvalue weighted by Crippen LogP contribution is -2.20. The third kappa shape index (κ3) is 2.69. The summed E-state index contributed by atoms with van der Waals surface area (Å²) in [4.78, 5) is 0. The van der Waals surface area contributed by atoms with Gasteiger partial charge in [0.05, 0.1) is 12.2 Å². The molecule has 1 aromatic carbocycles. The predicted octanol–water partition coefficient (Wildman–Crippen LogP) is 3.24. The Morgan fingerprint density at radius 3 is 2.72 bits per heavy atom. The highest BCUT2D eigenvalue weighted by Gasteiger charge is 2.40. The van der Waals surface area contributed by atoms with Crippen LogP contribution in [-0.4, -0.2) is 17.3 Å². The average molecular weight is 246 g/mol. The highest BCUT2D eigenvalue weighted by atomic mass is 16.5. The van der Waals surface area contributed by atoms with Crippen LogP contribution in [0, 0.1) is 12.8 Å². The molecule has 0 saturated heterocycles. The van der Waals surface area contributed by atoms with Gasteiger partial charge in [0.1, 0.15) is 5.75 Å². The third-order valence-electron chi connectivity index (χ3n) is 4.26. The smallest absolute Gasteiger partial charge is 0.122 e. The van der Waals surface area contributed by atoms with Crippen LogP contribution in [0.5, 0.6) is 5.75 Å². The van der Waals surface area contributed by atoms with Crippen molar-refractivity contribution in [2.45, 2.75) is 51.0 Å². The van der Waals surface area contributed by atoms with E-state index in [2.05, 4.69) is 25.1 Å². The van der Waals surface area contributed by atoms with Crippen LogP contribution >= 0.6 is 0 Å². The van der Waals surface area contributed by atoms with Crippen molar-refractivity contribution in [1.82, 2.24) is 0 Å². The Labute approximate surface area is 109 Å². The van der Waals surface area contributed by atoms with Crippen LogP contribution in [0.1, 0.15) is 43.2 Å². The molecule has 0 atom stereocenters. The Morgan fingerprint density at radius 2 is 2.11 bits per heavy atom. The first-order valence-electron chi connectivity index (χ1n) is 7.09. The van der Waals surface area contributed by atoms with E-state index in [-0.39, 0.29) is 0 Å². The summed E-state index contributed by atoms with van der Waals surface area (Å²) in [6.07, 6.45) is 6.59. The number of aryl methyl sites for hydroxylation is 1. The fraction of sp³-hybridized carbons (Fsp3) is 0.625. The predicted molar refractivity (Wildman–Crippen MR) is 71.9 cm³/mol. The van der Waals surface area contributed by atoms with Gasteiger partial charge in [0.2, 0.25) is 0 Å². The molecule has 3 rings (SSSR count). The van der Waals surface area contributed by atoms with E-state index < -0.39 is 5.60 Å². The van der Waals surface area contributed by atoms with E-state index in [1.165, 1.54) is 30.4 Å². The summed E-state index contributed by atoms with van der Waals surface area (Å²) in [6, 6.07) is 6.32. The third-order valence-corrected chi connectivity index (χ3v) is 4.26. The molecule has 0 radical (unpaired) electrons. The van der Waals surface area contributed by atoms with Gasteiger partial charge in [-0.3, -0.25) is 0 Å². The first kappa shape index (κ1) is 12.0. The zero-order chi connectivity index (χ0) is 12.6. The molecule has 0 bridgehead atoms. The number of benzene rings is 1. The van der Waals surface area contributed by atoms with Gasteiger partial charge in [-0.1, -0.05) is 24.1 Å². The van der Waals surface area contributed by atoms with E-state index in [1.807, 2.05) is 0 Å². The average Bonchev–Trinajstić information content (AvgIpc) is 2.97. The second-order valence-corrected chi connectivity index (χ2v) is 6.12. The summed E-state index contributed by atoms with van der Waals surface area (Å²) in [5.74, 6) is 1.73. The molecule has 2 aliphatic rings.